The third-order valence-electron chi connectivity index (χ3n) is 6.63. The summed E-state index contributed by atoms with van der Waals surface area (Å²) in [6.07, 6.45) is 7.42. The van der Waals surface area contributed by atoms with Crippen LogP contribution in [0.4, 0.5) is 5.69 Å². The van der Waals surface area contributed by atoms with Crippen LogP contribution in [0, 0.1) is 11.3 Å². The van der Waals surface area contributed by atoms with Crippen molar-refractivity contribution < 1.29 is 14.7 Å². The highest BCUT2D eigenvalue weighted by Gasteiger charge is 2.19. The number of carbonyl (C=O) groups is 2. The Morgan fingerprint density at radius 2 is 2.08 bits per heavy atom. The second-order valence-electron chi connectivity index (χ2n) is 9.47. The third kappa shape index (κ3) is 8.69. The zero-order chi connectivity index (χ0) is 28.9. The number of aliphatic hydroxyl groups excluding tert-OH is 1. The SMILES string of the molecule is CCn1c(=O)/c(=C\Nc2cccc(C(=O)NCCCN3CCCC3)c2)s/c1=C(/C#N)C(=O)NC(CO)CCSC. The normalized spacial score (nSPS) is 15.4. The van der Waals surface area contributed by atoms with Crippen molar-refractivity contribution in [3.8, 4) is 6.07 Å². The summed E-state index contributed by atoms with van der Waals surface area (Å²) in [5.74, 6) is -0.0297. The third-order valence-corrected chi connectivity index (χ3v) is 8.41. The van der Waals surface area contributed by atoms with Crippen molar-refractivity contribution in [1.29, 1.82) is 5.26 Å². The van der Waals surface area contributed by atoms with Gasteiger partial charge in [0.25, 0.3) is 17.4 Å². The highest BCUT2D eigenvalue weighted by atomic mass is 32.2. The van der Waals surface area contributed by atoms with Crippen LogP contribution in [0.3, 0.4) is 0 Å². The van der Waals surface area contributed by atoms with E-state index in [1.54, 1.807) is 43.0 Å². The van der Waals surface area contributed by atoms with Crippen molar-refractivity contribution >= 4 is 52.4 Å². The molecule has 1 saturated heterocycles. The first-order chi connectivity index (χ1) is 19.4. The summed E-state index contributed by atoms with van der Waals surface area (Å²) in [6, 6.07) is 8.46. The number of aromatic nitrogens is 1. The molecule has 2 heterocycles. The smallest absolute Gasteiger partial charge is 0.270 e. The minimum Gasteiger partial charge on any atom is -0.394 e. The number of nitrogens with zero attached hydrogens (tertiary/aromatic N) is 3. The van der Waals surface area contributed by atoms with Gasteiger partial charge < -0.3 is 26.0 Å². The van der Waals surface area contributed by atoms with E-state index in [2.05, 4.69) is 20.9 Å². The molecular weight excluding hydrogens is 548 g/mol. The number of hydrogen-bond acceptors (Lipinski definition) is 9. The molecule has 1 atom stereocenters. The monoisotopic (exact) mass is 586 g/mol. The Kier molecular flexibility index (Phi) is 12.7. The number of aliphatic hydroxyl groups is 1. The molecule has 2 amide bonds. The molecule has 3 rings (SSSR count). The van der Waals surface area contributed by atoms with Gasteiger partial charge in [0, 0.05) is 30.5 Å². The van der Waals surface area contributed by atoms with Crippen molar-refractivity contribution in [2.24, 2.45) is 0 Å². The van der Waals surface area contributed by atoms with Crippen LogP contribution >= 0.6 is 23.1 Å². The van der Waals surface area contributed by atoms with Crippen molar-refractivity contribution in [2.45, 2.75) is 45.2 Å². The molecule has 1 unspecified atom stereocenters. The lowest BCUT2D eigenvalue weighted by Crippen LogP contribution is -2.40. The van der Waals surface area contributed by atoms with E-state index in [0.29, 0.717) is 28.7 Å². The highest BCUT2D eigenvalue weighted by Crippen LogP contribution is 2.11. The number of thiazole rings is 1. The molecule has 0 aliphatic carbocycles. The van der Waals surface area contributed by atoms with Gasteiger partial charge in [-0.1, -0.05) is 6.07 Å². The van der Waals surface area contributed by atoms with Crippen LogP contribution in [0.25, 0.3) is 11.8 Å². The van der Waals surface area contributed by atoms with Crippen LogP contribution < -0.4 is 30.7 Å². The second kappa shape index (κ2) is 16.2. The number of thioether (sulfide) groups is 1. The van der Waals surface area contributed by atoms with Gasteiger partial charge in [-0.05, 0) is 82.4 Å². The number of anilines is 1. The number of likely N-dealkylation sites (tertiary alicyclic amines) is 1. The first-order valence-corrected chi connectivity index (χ1v) is 15.7. The minimum atomic E-state index is -0.621. The Morgan fingerprint density at radius 1 is 1.30 bits per heavy atom. The largest absolute Gasteiger partial charge is 0.394 e. The van der Waals surface area contributed by atoms with E-state index >= 15 is 0 Å². The predicted molar refractivity (Wildman–Crippen MR) is 162 cm³/mol. The lowest BCUT2D eigenvalue weighted by atomic mass is 10.2. The average molecular weight is 587 g/mol. The molecule has 0 bridgehead atoms. The molecule has 40 heavy (non-hydrogen) atoms. The van der Waals surface area contributed by atoms with E-state index in [-0.39, 0.29) is 34.9 Å². The predicted octanol–water partition coefficient (Wildman–Crippen LogP) is 0.900. The van der Waals surface area contributed by atoms with E-state index in [1.807, 2.05) is 12.3 Å². The Morgan fingerprint density at radius 3 is 2.75 bits per heavy atom. The zero-order valence-corrected chi connectivity index (χ0v) is 24.7. The standard InChI is InChI=1S/C28H38N6O4S2/c1-3-34-27(38)24(40-28(34)23(17-29)26(37)32-22(19-35)10-15-39-2)18-31-21-9-6-8-20(16-21)25(36)30-11-7-14-33-12-4-5-13-33/h6,8-9,16,18,22,31,35H,3-5,7,10-15,19H2,1-2H3,(H,30,36)(H,32,37)/b24-18+,28-23-. The molecule has 1 fully saturated rings. The topological polar surface area (TPSA) is 139 Å². The van der Waals surface area contributed by atoms with E-state index < -0.39 is 11.9 Å². The van der Waals surface area contributed by atoms with Gasteiger partial charge in [0.1, 0.15) is 15.3 Å². The van der Waals surface area contributed by atoms with Crippen LogP contribution in [-0.4, -0.2) is 77.2 Å². The van der Waals surface area contributed by atoms with Gasteiger partial charge in [0.15, 0.2) is 5.57 Å². The summed E-state index contributed by atoms with van der Waals surface area (Å²) in [5, 5.41) is 28.1. The van der Waals surface area contributed by atoms with Crippen molar-refractivity contribution in [2.75, 3.05) is 50.1 Å². The molecule has 1 aliphatic heterocycles. The number of rotatable bonds is 14. The molecule has 0 radical (unpaired) electrons. The van der Waals surface area contributed by atoms with Crippen LogP contribution in [0.5, 0.6) is 0 Å². The summed E-state index contributed by atoms with van der Waals surface area (Å²) in [7, 11) is 0. The molecule has 0 spiro atoms. The minimum absolute atomic E-state index is 0.158. The molecule has 1 aliphatic rings. The van der Waals surface area contributed by atoms with Gasteiger partial charge >= 0.3 is 0 Å². The average Bonchev–Trinajstić information content (AvgIpc) is 3.60. The number of hydrogen-bond donors (Lipinski definition) is 4. The maximum absolute atomic E-state index is 13.1. The maximum Gasteiger partial charge on any atom is 0.270 e. The summed E-state index contributed by atoms with van der Waals surface area (Å²) >= 11 is 2.64. The number of benzene rings is 1. The number of nitriles is 1. The van der Waals surface area contributed by atoms with Crippen molar-refractivity contribution in [1.82, 2.24) is 20.1 Å². The second-order valence-corrected chi connectivity index (χ2v) is 11.5. The molecule has 4 N–H and O–H groups in total. The van der Waals surface area contributed by atoms with Gasteiger partial charge in [-0.2, -0.15) is 17.0 Å². The van der Waals surface area contributed by atoms with Gasteiger partial charge in [-0.25, -0.2) is 0 Å². The molecule has 10 nitrogen and oxygen atoms in total. The first-order valence-electron chi connectivity index (χ1n) is 13.5. The fraction of sp³-hybridized carbons (Fsp3) is 0.500. The zero-order valence-electron chi connectivity index (χ0n) is 23.1. The number of amides is 2. The molecule has 1 aromatic carbocycles. The number of nitrogens with one attached hydrogen (secondary N) is 3. The van der Waals surface area contributed by atoms with Crippen LogP contribution in [0.15, 0.2) is 29.1 Å². The summed E-state index contributed by atoms with van der Waals surface area (Å²) in [6.45, 7) is 5.67. The lowest BCUT2D eigenvalue weighted by Gasteiger charge is -2.15. The van der Waals surface area contributed by atoms with Crippen LogP contribution in [0.2, 0.25) is 0 Å². The fourth-order valence-corrected chi connectivity index (χ4v) is 6.03. The van der Waals surface area contributed by atoms with Gasteiger partial charge in [-0.15, -0.1) is 11.3 Å². The number of carbonyl (C=O) groups excluding carboxylic acids is 2. The maximum atomic E-state index is 13.1. The van der Waals surface area contributed by atoms with Gasteiger partial charge in [-0.3, -0.25) is 19.0 Å². The highest BCUT2D eigenvalue weighted by molar-refractivity contribution is 7.98. The lowest BCUT2D eigenvalue weighted by molar-refractivity contribution is -0.116. The molecular formula is C28H38N6O4S2. The van der Waals surface area contributed by atoms with Crippen molar-refractivity contribution in [3.05, 3.63) is 49.4 Å². The van der Waals surface area contributed by atoms with E-state index in [0.717, 1.165) is 43.1 Å². The molecule has 2 aromatic rings. The molecule has 12 heteroatoms. The molecule has 1 aromatic heterocycles. The first kappa shape index (κ1) is 31.4. The Balaban J connectivity index is 1.74. The fourth-order valence-electron chi connectivity index (χ4n) is 4.43. The van der Waals surface area contributed by atoms with E-state index in [9.17, 15) is 24.8 Å². The Labute approximate surface area is 242 Å². The summed E-state index contributed by atoms with van der Waals surface area (Å²) in [4.78, 5) is 41.0. The summed E-state index contributed by atoms with van der Waals surface area (Å²) < 4.78 is 1.96. The van der Waals surface area contributed by atoms with Gasteiger partial charge in [0.2, 0.25) is 0 Å². The van der Waals surface area contributed by atoms with E-state index in [1.165, 1.54) is 23.6 Å². The van der Waals surface area contributed by atoms with Gasteiger partial charge in [0.05, 0.1) is 12.6 Å². The van der Waals surface area contributed by atoms with Crippen molar-refractivity contribution in [3.63, 3.8) is 0 Å². The molecule has 0 saturated carbocycles. The summed E-state index contributed by atoms with van der Waals surface area (Å²) in [5.41, 5.74) is 0.635. The van der Waals surface area contributed by atoms with E-state index in [4.69, 9.17) is 0 Å². The Bertz CT molecular complexity index is 1370. The quantitative estimate of drug-likeness (QED) is 0.240. The van der Waals surface area contributed by atoms with Crippen LogP contribution in [-0.2, 0) is 11.3 Å². The Hall–Kier alpha value is -3.11. The van der Waals surface area contributed by atoms with Crippen LogP contribution in [0.1, 0.15) is 43.0 Å². The molecule has 216 valence electrons.